The van der Waals surface area contributed by atoms with E-state index >= 15 is 0 Å². The SMILES string of the molecule is Oc1ccc(Br)cc1CNc1c(F)cc(F)cc1Cl. The molecule has 2 nitrogen and oxygen atoms in total. The van der Waals surface area contributed by atoms with Crippen LogP contribution in [0.1, 0.15) is 5.56 Å². The van der Waals surface area contributed by atoms with Gasteiger partial charge in [-0.25, -0.2) is 8.78 Å². The molecule has 0 fully saturated rings. The van der Waals surface area contributed by atoms with Crippen molar-refractivity contribution in [2.45, 2.75) is 6.54 Å². The maximum atomic E-state index is 13.5. The van der Waals surface area contributed by atoms with E-state index < -0.39 is 11.6 Å². The number of phenols is 1. The van der Waals surface area contributed by atoms with Gasteiger partial charge in [0, 0.05) is 22.6 Å². The third kappa shape index (κ3) is 3.36. The van der Waals surface area contributed by atoms with Gasteiger partial charge in [-0.05, 0) is 24.3 Å². The largest absolute Gasteiger partial charge is 0.508 e. The molecule has 0 spiro atoms. The van der Waals surface area contributed by atoms with Crippen LogP contribution in [-0.4, -0.2) is 5.11 Å². The lowest BCUT2D eigenvalue weighted by Gasteiger charge is -2.11. The summed E-state index contributed by atoms with van der Waals surface area (Å²) in [5.41, 5.74) is 0.566. The molecule has 0 saturated heterocycles. The summed E-state index contributed by atoms with van der Waals surface area (Å²) < 4.78 is 27.2. The minimum atomic E-state index is -0.778. The third-order valence-corrected chi connectivity index (χ3v) is 3.30. The molecule has 0 bridgehead atoms. The Kier molecular flexibility index (Phi) is 4.27. The number of nitrogens with one attached hydrogen (secondary N) is 1. The fourth-order valence-corrected chi connectivity index (χ4v) is 2.26. The highest BCUT2D eigenvalue weighted by Crippen LogP contribution is 2.28. The van der Waals surface area contributed by atoms with Crippen LogP contribution >= 0.6 is 27.5 Å². The summed E-state index contributed by atoms with van der Waals surface area (Å²) in [5.74, 6) is -1.44. The molecular formula is C13H9BrClF2NO. The molecule has 19 heavy (non-hydrogen) atoms. The van der Waals surface area contributed by atoms with Crippen molar-refractivity contribution in [3.05, 3.63) is 57.0 Å². The second-order valence-electron chi connectivity index (χ2n) is 3.87. The summed E-state index contributed by atoms with van der Waals surface area (Å²) in [6, 6.07) is 6.66. The topological polar surface area (TPSA) is 32.3 Å². The lowest BCUT2D eigenvalue weighted by molar-refractivity contribution is 0.469. The molecule has 2 rings (SSSR count). The van der Waals surface area contributed by atoms with Gasteiger partial charge in [0.1, 0.15) is 11.6 Å². The molecule has 0 unspecified atom stereocenters. The molecule has 0 amide bonds. The van der Waals surface area contributed by atoms with Crippen LogP contribution in [0.5, 0.6) is 5.75 Å². The van der Waals surface area contributed by atoms with Gasteiger partial charge < -0.3 is 10.4 Å². The van der Waals surface area contributed by atoms with Crippen LogP contribution in [0.15, 0.2) is 34.8 Å². The highest BCUT2D eigenvalue weighted by molar-refractivity contribution is 9.10. The minimum Gasteiger partial charge on any atom is -0.508 e. The second kappa shape index (κ2) is 5.75. The minimum absolute atomic E-state index is 0.00226. The van der Waals surface area contributed by atoms with E-state index in [1.807, 2.05) is 0 Å². The standard InChI is InChI=1S/C13H9BrClF2NO/c14-8-1-2-12(19)7(3-8)6-18-13-10(15)4-9(16)5-11(13)17/h1-5,18-19H,6H2. The Hall–Kier alpha value is -1.33. The molecule has 0 aliphatic heterocycles. The summed E-state index contributed by atoms with van der Waals surface area (Å²) in [7, 11) is 0. The quantitative estimate of drug-likeness (QED) is 0.843. The fourth-order valence-electron chi connectivity index (χ4n) is 1.59. The monoisotopic (exact) mass is 347 g/mol. The van der Waals surface area contributed by atoms with E-state index in [1.54, 1.807) is 12.1 Å². The highest BCUT2D eigenvalue weighted by Gasteiger charge is 2.10. The van der Waals surface area contributed by atoms with Crippen molar-refractivity contribution in [2.75, 3.05) is 5.32 Å². The van der Waals surface area contributed by atoms with E-state index in [0.717, 1.165) is 16.6 Å². The number of hydrogen-bond donors (Lipinski definition) is 2. The number of hydrogen-bond acceptors (Lipinski definition) is 2. The van der Waals surface area contributed by atoms with Crippen molar-refractivity contribution in [3.63, 3.8) is 0 Å². The first kappa shape index (κ1) is 14.1. The number of rotatable bonds is 3. The predicted molar refractivity (Wildman–Crippen MR) is 74.5 cm³/mol. The normalized spacial score (nSPS) is 10.5. The van der Waals surface area contributed by atoms with E-state index in [4.69, 9.17) is 11.6 Å². The second-order valence-corrected chi connectivity index (χ2v) is 5.19. The zero-order valence-electron chi connectivity index (χ0n) is 9.55. The average molecular weight is 349 g/mol. The molecule has 0 heterocycles. The Labute approximate surface area is 122 Å². The van der Waals surface area contributed by atoms with E-state index in [0.29, 0.717) is 5.56 Å². The van der Waals surface area contributed by atoms with Crippen molar-refractivity contribution < 1.29 is 13.9 Å². The van der Waals surface area contributed by atoms with Crippen LogP contribution < -0.4 is 5.32 Å². The van der Waals surface area contributed by atoms with Gasteiger partial charge in [0.2, 0.25) is 0 Å². The molecule has 0 atom stereocenters. The first-order valence-corrected chi connectivity index (χ1v) is 6.50. The zero-order chi connectivity index (χ0) is 14.0. The van der Waals surface area contributed by atoms with Crippen LogP contribution in [0.3, 0.4) is 0 Å². The lowest BCUT2D eigenvalue weighted by Crippen LogP contribution is -2.03. The molecule has 0 saturated carbocycles. The van der Waals surface area contributed by atoms with Gasteiger partial charge in [-0.1, -0.05) is 27.5 Å². The van der Waals surface area contributed by atoms with Gasteiger partial charge in [-0.15, -0.1) is 0 Å². The third-order valence-electron chi connectivity index (χ3n) is 2.50. The number of aromatic hydroxyl groups is 1. The van der Waals surface area contributed by atoms with E-state index in [9.17, 15) is 13.9 Å². The zero-order valence-corrected chi connectivity index (χ0v) is 11.9. The summed E-state index contributed by atoms with van der Waals surface area (Å²) in [6.45, 7) is 0.160. The van der Waals surface area contributed by atoms with Crippen LogP contribution in [0, 0.1) is 11.6 Å². The van der Waals surface area contributed by atoms with Crippen LogP contribution in [0.2, 0.25) is 5.02 Å². The fraction of sp³-hybridized carbons (Fsp3) is 0.0769. The van der Waals surface area contributed by atoms with Gasteiger partial charge in [0.05, 0.1) is 10.7 Å². The van der Waals surface area contributed by atoms with E-state index in [-0.39, 0.29) is 23.0 Å². The summed E-state index contributed by atoms with van der Waals surface area (Å²) >= 11 is 9.03. The van der Waals surface area contributed by atoms with E-state index in [1.165, 1.54) is 6.07 Å². The van der Waals surface area contributed by atoms with Crippen LogP contribution in [0.25, 0.3) is 0 Å². The Bertz CT molecular complexity index is 599. The molecule has 2 aromatic carbocycles. The molecule has 6 heteroatoms. The first-order chi connectivity index (χ1) is 8.97. The lowest BCUT2D eigenvalue weighted by atomic mass is 10.2. The van der Waals surface area contributed by atoms with Gasteiger partial charge >= 0.3 is 0 Å². The summed E-state index contributed by atoms with van der Waals surface area (Å²) in [4.78, 5) is 0. The molecule has 100 valence electrons. The molecule has 2 N–H and O–H groups in total. The average Bonchev–Trinajstić information content (AvgIpc) is 2.32. The molecular weight excluding hydrogens is 340 g/mol. The summed E-state index contributed by atoms with van der Waals surface area (Å²) in [5, 5.41) is 12.3. The maximum absolute atomic E-state index is 13.5. The van der Waals surface area contributed by atoms with Gasteiger partial charge in [0.15, 0.2) is 5.82 Å². The van der Waals surface area contributed by atoms with Crippen LogP contribution in [-0.2, 0) is 6.54 Å². The number of anilines is 1. The number of benzene rings is 2. The molecule has 0 radical (unpaired) electrons. The molecule has 0 aliphatic rings. The Balaban J connectivity index is 2.21. The first-order valence-electron chi connectivity index (χ1n) is 5.33. The smallest absolute Gasteiger partial charge is 0.150 e. The maximum Gasteiger partial charge on any atom is 0.150 e. The Morgan fingerprint density at radius 3 is 2.63 bits per heavy atom. The number of halogens is 4. The molecule has 0 aliphatic carbocycles. The van der Waals surface area contributed by atoms with Crippen molar-refractivity contribution in [1.82, 2.24) is 0 Å². The van der Waals surface area contributed by atoms with Crippen molar-refractivity contribution in [2.24, 2.45) is 0 Å². The van der Waals surface area contributed by atoms with Crippen LogP contribution in [0.4, 0.5) is 14.5 Å². The van der Waals surface area contributed by atoms with Gasteiger partial charge in [-0.2, -0.15) is 0 Å². The van der Waals surface area contributed by atoms with Crippen molar-refractivity contribution in [3.8, 4) is 5.75 Å². The predicted octanol–water partition coefficient (Wildman–Crippen LogP) is 4.70. The van der Waals surface area contributed by atoms with E-state index in [2.05, 4.69) is 21.2 Å². The number of phenolic OH excluding ortho intramolecular Hbond substituents is 1. The van der Waals surface area contributed by atoms with Crippen molar-refractivity contribution >= 4 is 33.2 Å². The van der Waals surface area contributed by atoms with Gasteiger partial charge in [-0.3, -0.25) is 0 Å². The Morgan fingerprint density at radius 2 is 1.95 bits per heavy atom. The Morgan fingerprint density at radius 1 is 1.21 bits per heavy atom. The molecule has 2 aromatic rings. The molecule has 0 aromatic heterocycles. The summed E-state index contributed by atoms with van der Waals surface area (Å²) in [6.07, 6.45) is 0. The van der Waals surface area contributed by atoms with Crippen molar-refractivity contribution in [1.29, 1.82) is 0 Å². The van der Waals surface area contributed by atoms with Gasteiger partial charge in [0.25, 0.3) is 0 Å². The highest BCUT2D eigenvalue weighted by atomic mass is 79.9.